The molecule has 5 heteroatoms. The van der Waals surface area contributed by atoms with Gasteiger partial charge in [-0.2, -0.15) is 0 Å². The maximum Gasteiger partial charge on any atom is 0.163 e. The molecule has 0 saturated carbocycles. The normalized spacial score (nSPS) is 16.8. The van der Waals surface area contributed by atoms with Crippen molar-refractivity contribution in [2.45, 2.75) is 19.4 Å². The summed E-state index contributed by atoms with van der Waals surface area (Å²) in [4.78, 5) is 7.63. The van der Waals surface area contributed by atoms with E-state index in [2.05, 4.69) is 9.97 Å². The molecule has 17 heavy (non-hydrogen) atoms. The van der Waals surface area contributed by atoms with E-state index in [-0.39, 0.29) is 6.04 Å². The molecule has 2 aromatic rings. The Morgan fingerprint density at radius 1 is 1.29 bits per heavy atom. The van der Waals surface area contributed by atoms with Crippen LogP contribution in [-0.4, -0.2) is 23.2 Å². The van der Waals surface area contributed by atoms with Crippen LogP contribution in [0.3, 0.4) is 0 Å². The lowest BCUT2D eigenvalue weighted by Gasteiger charge is -2.05. The quantitative estimate of drug-likeness (QED) is 0.787. The number of rotatable bonds is 1. The van der Waals surface area contributed by atoms with E-state index in [0.29, 0.717) is 13.2 Å². The molecule has 0 bridgehead atoms. The minimum Gasteiger partial charge on any atom is -0.489 e. The molecule has 1 atom stereocenters. The first-order valence-corrected chi connectivity index (χ1v) is 5.79. The second-order valence-corrected chi connectivity index (χ2v) is 4.28. The van der Waals surface area contributed by atoms with Crippen LogP contribution in [0.2, 0.25) is 0 Å². The highest BCUT2D eigenvalue weighted by atomic mass is 16.5. The molecule has 1 aliphatic heterocycles. The summed E-state index contributed by atoms with van der Waals surface area (Å²) < 4.78 is 11.2. The Hall–Kier alpha value is -1.75. The van der Waals surface area contributed by atoms with Gasteiger partial charge in [-0.15, -0.1) is 0 Å². The molecule has 0 amide bonds. The van der Waals surface area contributed by atoms with Crippen LogP contribution in [0.1, 0.15) is 25.2 Å². The maximum absolute atomic E-state index is 5.80. The zero-order valence-corrected chi connectivity index (χ0v) is 9.69. The van der Waals surface area contributed by atoms with Crippen molar-refractivity contribution < 1.29 is 9.47 Å². The smallest absolute Gasteiger partial charge is 0.163 e. The molecule has 1 aromatic carbocycles. The molecule has 0 spiro atoms. The number of aromatic amines is 1. The van der Waals surface area contributed by atoms with E-state index in [9.17, 15) is 0 Å². The lowest BCUT2D eigenvalue weighted by molar-refractivity contribution is 0.297. The van der Waals surface area contributed by atoms with E-state index in [1.807, 2.05) is 19.1 Å². The van der Waals surface area contributed by atoms with E-state index in [1.165, 1.54) is 0 Å². The molecule has 2 heterocycles. The number of H-pyrrole nitrogens is 1. The van der Waals surface area contributed by atoms with Gasteiger partial charge in [-0.25, -0.2) is 4.98 Å². The largest absolute Gasteiger partial charge is 0.489 e. The Bertz CT molecular complexity index is 505. The Labute approximate surface area is 98.9 Å². The molecular formula is C12H15N3O2. The van der Waals surface area contributed by atoms with Crippen molar-refractivity contribution in [2.24, 2.45) is 5.73 Å². The zero-order valence-electron chi connectivity index (χ0n) is 9.69. The van der Waals surface area contributed by atoms with Crippen LogP contribution in [0.4, 0.5) is 0 Å². The number of aromatic nitrogens is 2. The highest BCUT2D eigenvalue weighted by Gasteiger charge is 2.14. The molecular weight excluding hydrogens is 218 g/mol. The van der Waals surface area contributed by atoms with Gasteiger partial charge in [0.2, 0.25) is 0 Å². The summed E-state index contributed by atoms with van der Waals surface area (Å²) in [6.07, 6.45) is 0.904. The van der Waals surface area contributed by atoms with E-state index < -0.39 is 0 Å². The van der Waals surface area contributed by atoms with Gasteiger partial charge in [0, 0.05) is 18.6 Å². The lowest BCUT2D eigenvalue weighted by atomic mass is 10.3. The molecule has 1 aromatic heterocycles. The van der Waals surface area contributed by atoms with Crippen molar-refractivity contribution in [3.05, 3.63) is 18.0 Å². The van der Waals surface area contributed by atoms with Gasteiger partial charge in [0.15, 0.2) is 11.5 Å². The topological polar surface area (TPSA) is 73.2 Å². The highest BCUT2D eigenvalue weighted by molar-refractivity contribution is 5.79. The molecule has 1 unspecified atom stereocenters. The molecule has 3 N–H and O–H groups in total. The standard InChI is InChI=1S/C12H15N3O2/c1-7(13)12-14-8-5-10-11(6-9(8)15-12)17-4-2-3-16-10/h5-7H,2-4,13H2,1H3,(H,14,15). The summed E-state index contributed by atoms with van der Waals surface area (Å²) in [7, 11) is 0. The second-order valence-electron chi connectivity index (χ2n) is 4.28. The van der Waals surface area contributed by atoms with Crippen LogP contribution in [0, 0.1) is 0 Å². The number of hydrogen-bond donors (Lipinski definition) is 2. The van der Waals surface area contributed by atoms with Crippen molar-refractivity contribution in [3.63, 3.8) is 0 Å². The second kappa shape index (κ2) is 3.92. The minimum atomic E-state index is -0.107. The van der Waals surface area contributed by atoms with Crippen molar-refractivity contribution in [1.82, 2.24) is 9.97 Å². The summed E-state index contributed by atoms with van der Waals surface area (Å²) >= 11 is 0. The number of imidazole rings is 1. The summed E-state index contributed by atoms with van der Waals surface area (Å²) in [6.45, 7) is 3.27. The number of nitrogens with zero attached hydrogens (tertiary/aromatic N) is 1. The Morgan fingerprint density at radius 2 is 2.00 bits per heavy atom. The van der Waals surface area contributed by atoms with Crippen LogP contribution in [-0.2, 0) is 0 Å². The average Bonchev–Trinajstić information content (AvgIpc) is 2.58. The molecule has 0 radical (unpaired) electrons. The van der Waals surface area contributed by atoms with Crippen LogP contribution >= 0.6 is 0 Å². The van der Waals surface area contributed by atoms with Gasteiger partial charge >= 0.3 is 0 Å². The predicted octanol–water partition coefficient (Wildman–Crippen LogP) is 1.74. The van der Waals surface area contributed by atoms with Crippen LogP contribution < -0.4 is 15.2 Å². The van der Waals surface area contributed by atoms with Crippen LogP contribution in [0.25, 0.3) is 11.0 Å². The molecule has 1 aliphatic rings. The Morgan fingerprint density at radius 3 is 2.71 bits per heavy atom. The van der Waals surface area contributed by atoms with Crippen molar-refractivity contribution in [3.8, 4) is 11.5 Å². The van der Waals surface area contributed by atoms with Gasteiger partial charge < -0.3 is 20.2 Å². The van der Waals surface area contributed by atoms with E-state index >= 15 is 0 Å². The third-order valence-corrected chi connectivity index (χ3v) is 2.80. The monoisotopic (exact) mass is 233 g/mol. The molecule has 0 aliphatic carbocycles. The van der Waals surface area contributed by atoms with Gasteiger partial charge in [-0.1, -0.05) is 0 Å². The van der Waals surface area contributed by atoms with Crippen molar-refractivity contribution >= 4 is 11.0 Å². The van der Waals surface area contributed by atoms with Gasteiger partial charge in [0.05, 0.1) is 30.3 Å². The fourth-order valence-electron chi connectivity index (χ4n) is 1.90. The van der Waals surface area contributed by atoms with E-state index in [4.69, 9.17) is 15.2 Å². The molecule has 90 valence electrons. The van der Waals surface area contributed by atoms with Gasteiger partial charge in [0.1, 0.15) is 5.82 Å². The molecule has 0 saturated heterocycles. The SMILES string of the molecule is CC(N)c1nc2cc3c(cc2[nH]1)OCCCO3. The molecule has 3 rings (SSSR count). The number of ether oxygens (including phenoxy) is 2. The zero-order chi connectivity index (χ0) is 11.8. The number of benzene rings is 1. The minimum absolute atomic E-state index is 0.107. The van der Waals surface area contributed by atoms with E-state index in [1.54, 1.807) is 0 Å². The molecule has 5 nitrogen and oxygen atoms in total. The fraction of sp³-hybridized carbons (Fsp3) is 0.417. The fourth-order valence-corrected chi connectivity index (χ4v) is 1.90. The average molecular weight is 233 g/mol. The summed E-state index contributed by atoms with van der Waals surface area (Å²) in [5.74, 6) is 2.31. The van der Waals surface area contributed by atoms with Crippen LogP contribution in [0.15, 0.2) is 12.1 Å². The predicted molar refractivity (Wildman–Crippen MR) is 64.3 cm³/mol. The third-order valence-electron chi connectivity index (χ3n) is 2.80. The molecule has 0 fully saturated rings. The van der Waals surface area contributed by atoms with Crippen molar-refractivity contribution in [1.29, 1.82) is 0 Å². The lowest BCUT2D eigenvalue weighted by Crippen LogP contribution is -2.06. The summed E-state index contributed by atoms with van der Waals surface area (Å²) in [5, 5.41) is 0. The Kier molecular flexibility index (Phi) is 2.40. The van der Waals surface area contributed by atoms with Gasteiger partial charge in [-0.05, 0) is 6.92 Å². The third kappa shape index (κ3) is 1.82. The van der Waals surface area contributed by atoms with Crippen LogP contribution in [0.5, 0.6) is 11.5 Å². The first-order chi connectivity index (χ1) is 8.24. The van der Waals surface area contributed by atoms with Gasteiger partial charge in [-0.3, -0.25) is 0 Å². The number of fused-ring (bicyclic) bond motifs is 2. The maximum atomic E-state index is 5.80. The van der Waals surface area contributed by atoms with Gasteiger partial charge in [0.25, 0.3) is 0 Å². The summed E-state index contributed by atoms with van der Waals surface area (Å²) in [6, 6.07) is 3.72. The first-order valence-electron chi connectivity index (χ1n) is 5.79. The van der Waals surface area contributed by atoms with E-state index in [0.717, 1.165) is 34.8 Å². The number of nitrogens with two attached hydrogens (primary N) is 1. The van der Waals surface area contributed by atoms with Crippen molar-refractivity contribution in [2.75, 3.05) is 13.2 Å². The number of nitrogens with one attached hydrogen (secondary N) is 1. The first kappa shape index (κ1) is 10.4. The Balaban J connectivity index is 2.12. The highest BCUT2D eigenvalue weighted by Crippen LogP contribution is 2.33. The number of hydrogen-bond acceptors (Lipinski definition) is 4. The summed E-state index contributed by atoms with van der Waals surface area (Å²) in [5.41, 5.74) is 7.59.